The number of aromatic carboxylic acids is 1. The van der Waals surface area contributed by atoms with Crippen LogP contribution in [0.3, 0.4) is 0 Å². The van der Waals surface area contributed by atoms with Gasteiger partial charge < -0.3 is 15.3 Å². The molecule has 2 N–H and O–H groups in total. The molecular formula is C28H25N3O5. The first-order valence-electron chi connectivity index (χ1n) is 11.9. The average molecular weight is 484 g/mol. The molecular weight excluding hydrogens is 458 g/mol. The van der Waals surface area contributed by atoms with Crippen LogP contribution in [0.2, 0.25) is 0 Å². The van der Waals surface area contributed by atoms with Gasteiger partial charge in [-0.15, -0.1) is 0 Å². The number of hydrogen-bond acceptors (Lipinski definition) is 5. The largest absolute Gasteiger partial charge is 0.478 e. The first-order chi connectivity index (χ1) is 17.3. The molecule has 1 fully saturated rings. The molecule has 182 valence electrons. The summed E-state index contributed by atoms with van der Waals surface area (Å²) in [6.07, 6.45) is 3.17. The summed E-state index contributed by atoms with van der Waals surface area (Å²) < 4.78 is 0. The van der Waals surface area contributed by atoms with Crippen LogP contribution in [0.5, 0.6) is 0 Å². The second kappa shape index (κ2) is 9.30. The normalized spacial score (nSPS) is 15.1. The van der Waals surface area contributed by atoms with Crippen molar-refractivity contribution in [1.29, 1.82) is 0 Å². The number of aryl methyl sites for hydroxylation is 1. The van der Waals surface area contributed by atoms with Gasteiger partial charge in [0.1, 0.15) is 0 Å². The van der Waals surface area contributed by atoms with E-state index in [0.717, 1.165) is 48.5 Å². The molecule has 36 heavy (non-hydrogen) atoms. The number of carboxylic acids is 1. The summed E-state index contributed by atoms with van der Waals surface area (Å²) >= 11 is 0. The van der Waals surface area contributed by atoms with Crippen LogP contribution in [0.25, 0.3) is 0 Å². The topological polar surface area (TPSA) is 107 Å². The number of rotatable bonds is 5. The fourth-order valence-electron chi connectivity index (χ4n) is 4.70. The zero-order chi connectivity index (χ0) is 25.4. The summed E-state index contributed by atoms with van der Waals surface area (Å²) in [6.45, 7) is 3.59. The lowest BCUT2D eigenvalue weighted by atomic mass is 10.0. The van der Waals surface area contributed by atoms with E-state index in [-0.39, 0.29) is 28.3 Å². The van der Waals surface area contributed by atoms with Crippen molar-refractivity contribution in [1.82, 2.24) is 0 Å². The average Bonchev–Trinajstić information content (AvgIpc) is 3.14. The minimum atomic E-state index is -1.18. The molecule has 8 nitrogen and oxygen atoms in total. The standard InChI is InChI=1S/C28H25N3O5/c1-17-5-8-19(9-6-17)29-25(32)23-16-20(10-12-24(23)30-13-3-2-4-14-30)31-26(33)21-11-7-18(28(35)36)15-22(21)27(31)34/h5-12,15-16H,2-4,13-14H2,1H3,(H,29,32)(H,35,36). The van der Waals surface area contributed by atoms with Crippen molar-refractivity contribution < 1.29 is 24.3 Å². The maximum Gasteiger partial charge on any atom is 0.335 e. The molecule has 0 aromatic heterocycles. The number of anilines is 3. The summed E-state index contributed by atoms with van der Waals surface area (Å²) in [7, 11) is 0. The number of carbonyl (C=O) groups is 4. The number of imide groups is 1. The molecule has 0 spiro atoms. The molecule has 3 aromatic carbocycles. The Kier molecular flexibility index (Phi) is 6.01. The molecule has 0 aliphatic carbocycles. The van der Waals surface area contributed by atoms with Gasteiger partial charge in [0.05, 0.1) is 27.9 Å². The minimum absolute atomic E-state index is 0.0330. The maximum atomic E-state index is 13.4. The Balaban J connectivity index is 1.53. The number of hydrogen-bond donors (Lipinski definition) is 2. The van der Waals surface area contributed by atoms with Gasteiger partial charge in [0.2, 0.25) is 0 Å². The number of nitrogens with zero attached hydrogens (tertiary/aromatic N) is 2. The van der Waals surface area contributed by atoms with Crippen LogP contribution < -0.4 is 15.1 Å². The molecule has 2 aliphatic heterocycles. The monoisotopic (exact) mass is 483 g/mol. The van der Waals surface area contributed by atoms with Gasteiger partial charge in [-0.25, -0.2) is 9.69 Å². The zero-order valence-corrected chi connectivity index (χ0v) is 19.8. The van der Waals surface area contributed by atoms with Crippen LogP contribution in [0.4, 0.5) is 17.1 Å². The quantitative estimate of drug-likeness (QED) is 0.508. The highest BCUT2D eigenvalue weighted by atomic mass is 16.4. The SMILES string of the molecule is Cc1ccc(NC(=O)c2cc(N3C(=O)c4ccc(C(=O)O)cc4C3=O)ccc2N2CCCCC2)cc1. The summed E-state index contributed by atoms with van der Waals surface area (Å²) in [5.74, 6) is -2.69. The minimum Gasteiger partial charge on any atom is -0.478 e. The number of benzene rings is 3. The van der Waals surface area contributed by atoms with Gasteiger partial charge in [-0.2, -0.15) is 0 Å². The predicted octanol–water partition coefficient (Wildman–Crippen LogP) is 4.74. The van der Waals surface area contributed by atoms with Gasteiger partial charge in [-0.1, -0.05) is 17.7 Å². The fraction of sp³-hybridized carbons (Fsp3) is 0.214. The smallest absolute Gasteiger partial charge is 0.335 e. The highest BCUT2D eigenvalue weighted by Gasteiger charge is 2.38. The van der Waals surface area contributed by atoms with E-state index in [2.05, 4.69) is 10.2 Å². The number of nitrogens with one attached hydrogen (secondary N) is 1. The van der Waals surface area contributed by atoms with Crippen LogP contribution in [0, 0.1) is 6.92 Å². The first kappa shape index (κ1) is 23.3. The van der Waals surface area contributed by atoms with E-state index < -0.39 is 17.8 Å². The van der Waals surface area contributed by atoms with E-state index in [0.29, 0.717) is 11.3 Å². The number of carbonyl (C=O) groups excluding carboxylic acids is 3. The summed E-state index contributed by atoms with van der Waals surface area (Å²) in [5.41, 5.74) is 3.17. The van der Waals surface area contributed by atoms with Crippen molar-refractivity contribution in [3.8, 4) is 0 Å². The molecule has 3 amide bonds. The van der Waals surface area contributed by atoms with Gasteiger partial charge in [-0.3, -0.25) is 14.4 Å². The lowest BCUT2D eigenvalue weighted by Gasteiger charge is -2.31. The maximum absolute atomic E-state index is 13.4. The van der Waals surface area contributed by atoms with Gasteiger partial charge in [-0.05, 0) is 74.7 Å². The molecule has 0 atom stereocenters. The molecule has 2 aliphatic rings. The second-order valence-electron chi connectivity index (χ2n) is 9.08. The Hall–Kier alpha value is -4.46. The number of piperidine rings is 1. The van der Waals surface area contributed by atoms with E-state index in [1.807, 2.05) is 31.2 Å². The van der Waals surface area contributed by atoms with Crippen LogP contribution in [-0.2, 0) is 0 Å². The Morgan fingerprint density at radius 1 is 0.833 bits per heavy atom. The lowest BCUT2D eigenvalue weighted by molar-refractivity contribution is 0.0696. The Labute approximate surface area is 208 Å². The van der Waals surface area contributed by atoms with E-state index in [9.17, 15) is 24.3 Å². The van der Waals surface area contributed by atoms with Crippen molar-refractivity contribution in [2.24, 2.45) is 0 Å². The molecule has 0 bridgehead atoms. The van der Waals surface area contributed by atoms with Crippen LogP contribution in [0.1, 0.15) is 66.3 Å². The molecule has 0 radical (unpaired) electrons. The molecule has 1 saturated heterocycles. The van der Waals surface area contributed by atoms with Crippen LogP contribution in [-0.4, -0.2) is 41.9 Å². The fourth-order valence-corrected chi connectivity index (χ4v) is 4.70. The third kappa shape index (κ3) is 4.22. The van der Waals surface area contributed by atoms with Gasteiger partial charge >= 0.3 is 5.97 Å². The zero-order valence-electron chi connectivity index (χ0n) is 19.8. The van der Waals surface area contributed by atoms with Crippen molar-refractivity contribution >= 4 is 40.8 Å². The third-order valence-electron chi connectivity index (χ3n) is 6.62. The molecule has 3 aromatic rings. The van der Waals surface area contributed by atoms with E-state index in [1.54, 1.807) is 18.2 Å². The predicted molar refractivity (Wildman–Crippen MR) is 136 cm³/mol. The summed E-state index contributed by atoms with van der Waals surface area (Å²) in [6, 6.07) is 16.3. The van der Waals surface area contributed by atoms with E-state index in [1.165, 1.54) is 18.2 Å². The number of carboxylic acid groups (broad SMARTS) is 1. The van der Waals surface area contributed by atoms with E-state index >= 15 is 0 Å². The molecule has 5 rings (SSSR count). The lowest BCUT2D eigenvalue weighted by Crippen LogP contribution is -2.33. The van der Waals surface area contributed by atoms with Crippen LogP contribution >= 0.6 is 0 Å². The van der Waals surface area contributed by atoms with Crippen LogP contribution in [0.15, 0.2) is 60.7 Å². The summed E-state index contributed by atoms with van der Waals surface area (Å²) in [4.78, 5) is 54.2. The first-order valence-corrected chi connectivity index (χ1v) is 11.9. The van der Waals surface area contributed by atoms with Crippen molar-refractivity contribution in [3.05, 3.63) is 88.5 Å². The molecule has 0 unspecified atom stereocenters. The Bertz CT molecular complexity index is 1390. The van der Waals surface area contributed by atoms with Gasteiger partial charge in [0.25, 0.3) is 17.7 Å². The van der Waals surface area contributed by atoms with E-state index in [4.69, 9.17) is 0 Å². The molecule has 2 heterocycles. The number of amides is 3. The number of fused-ring (bicyclic) bond motifs is 1. The van der Waals surface area contributed by atoms with Crippen molar-refractivity contribution in [2.75, 3.05) is 28.2 Å². The molecule has 8 heteroatoms. The second-order valence-corrected chi connectivity index (χ2v) is 9.08. The Morgan fingerprint density at radius 2 is 1.53 bits per heavy atom. The van der Waals surface area contributed by atoms with Crippen molar-refractivity contribution in [3.63, 3.8) is 0 Å². The van der Waals surface area contributed by atoms with Gasteiger partial charge in [0, 0.05) is 24.5 Å². The highest BCUT2D eigenvalue weighted by Crippen LogP contribution is 2.34. The van der Waals surface area contributed by atoms with Gasteiger partial charge in [0.15, 0.2) is 0 Å². The summed E-state index contributed by atoms with van der Waals surface area (Å²) in [5, 5.41) is 12.2. The molecule has 0 saturated carbocycles. The highest BCUT2D eigenvalue weighted by molar-refractivity contribution is 6.35. The Morgan fingerprint density at radius 3 is 2.22 bits per heavy atom. The third-order valence-corrected chi connectivity index (χ3v) is 6.62. The van der Waals surface area contributed by atoms with Crippen molar-refractivity contribution in [2.45, 2.75) is 26.2 Å².